The lowest BCUT2D eigenvalue weighted by Gasteiger charge is -2.13. The molecule has 0 N–H and O–H groups in total. The van der Waals surface area contributed by atoms with E-state index in [0.717, 1.165) is 16.9 Å². The molecule has 0 aliphatic carbocycles. The van der Waals surface area contributed by atoms with Crippen molar-refractivity contribution < 1.29 is 9.47 Å². The molecular weight excluding hydrogens is 491 g/mol. The molecule has 174 valence electrons. The molecule has 4 aromatic rings. The molecule has 9 heteroatoms. The van der Waals surface area contributed by atoms with Crippen molar-refractivity contribution in [2.75, 3.05) is 6.61 Å². The third-order valence-corrected chi connectivity index (χ3v) is 6.30. The molecule has 0 spiro atoms. The number of nitrogens with zero attached hydrogens (tertiary/aromatic N) is 4. The number of thioether (sulfide) groups is 1. The van der Waals surface area contributed by atoms with E-state index < -0.39 is 0 Å². The Bertz CT molecular complexity index is 1270. The van der Waals surface area contributed by atoms with Crippen molar-refractivity contribution in [3.05, 3.63) is 99.8 Å². The number of aromatic nitrogens is 3. The smallest absolute Gasteiger partial charge is 0.212 e. The Hall–Kier alpha value is -3.00. The Morgan fingerprint density at radius 2 is 1.85 bits per heavy atom. The molecule has 0 unspecified atom stereocenters. The summed E-state index contributed by atoms with van der Waals surface area (Å²) in [5, 5.41) is 14.5. The van der Waals surface area contributed by atoms with Crippen molar-refractivity contribution in [2.45, 2.75) is 24.4 Å². The van der Waals surface area contributed by atoms with E-state index in [-0.39, 0.29) is 0 Å². The molecule has 0 saturated heterocycles. The quantitative estimate of drug-likeness (QED) is 0.174. The van der Waals surface area contributed by atoms with Crippen LogP contribution in [0.3, 0.4) is 0 Å². The van der Waals surface area contributed by atoms with Gasteiger partial charge in [0.25, 0.3) is 0 Å². The molecule has 0 bridgehead atoms. The number of hydrogen-bond donors (Lipinski definition) is 0. The Morgan fingerprint density at radius 1 is 1.00 bits per heavy atom. The van der Waals surface area contributed by atoms with Gasteiger partial charge in [0, 0.05) is 21.4 Å². The van der Waals surface area contributed by atoms with Gasteiger partial charge in [0.1, 0.15) is 12.9 Å². The van der Waals surface area contributed by atoms with Gasteiger partial charge in [0.15, 0.2) is 11.5 Å². The van der Waals surface area contributed by atoms with Crippen molar-refractivity contribution in [2.24, 2.45) is 5.10 Å². The zero-order valence-electron chi connectivity index (χ0n) is 18.4. The Morgan fingerprint density at radius 3 is 2.65 bits per heavy atom. The van der Waals surface area contributed by atoms with E-state index in [1.165, 1.54) is 5.56 Å². The predicted octanol–water partition coefficient (Wildman–Crippen LogP) is 6.74. The fourth-order valence-corrected chi connectivity index (χ4v) is 4.31. The van der Waals surface area contributed by atoms with Gasteiger partial charge in [0.2, 0.25) is 5.16 Å². The molecule has 0 radical (unpaired) electrons. The highest BCUT2D eigenvalue weighted by molar-refractivity contribution is 7.98. The van der Waals surface area contributed by atoms with Crippen molar-refractivity contribution in [3.8, 4) is 11.5 Å². The second-order valence-electron chi connectivity index (χ2n) is 7.14. The highest BCUT2D eigenvalue weighted by Crippen LogP contribution is 2.30. The van der Waals surface area contributed by atoms with Crippen LogP contribution in [0.1, 0.15) is 23.6 Å². The van der Waals surface area contributed by atoms with E-state index in [0.29, 0.717) is 39.9 Å². The molecule has 34 heavy (non-hydrogen) atoms. The fourth-order valence-electron chi connectivity index (χ4n) is 3.03. The van der Waals surface area contributed by atoms with E-state index in [2.05, 4.69) is 27.4 Å². The van der Waals surface area contributed by atoms with Gasteiger partial charge >= 0.3 is 0 Å². The predicted molar refractivity (Wildman–Crippen MR) is 137 cm³/mol. The van der Waals surface area contributed by atoms with Crippen LogP contribution in [0, 0.1) is 0 Å². The number of halogens is 2. The van der Waals surface area contributed by atoms with Crippen LogP contribution < -0.4 is 9.47 Å². The van der Waals surface area contributed by atoms with E-state index >= 15 is 0 Å². The van der Waals surface area contributed by atoms with Gasteiger partial charge in [-0.15, -0.1) is 10.2 Å². The maximum Gasteiger partial charge on any atom is 0.212 e. The summed E-state index contributed by atoms with van der Waals surface area (Å²) in [6, 6.07) is 21.2. The number of benzene rings is 3. The standard InChI is InChI=1S/C25H22Cl2N4O2S/c1-2-32-24-12-19(8-11-23(24)33-15-20-9-10-21(26)13-22(20)27)14-29-31-17-28-30-25(31)34-16-18-6-4-3-5-7-18/h3-14,17H,2,15-16H2,1H3/b29-14+. The first-order valence-corrected chi connectivity index (χ1v) is 12.3. The zero-order chi connectivity index (χ0) is 23.8. The molecule has 1 aromatic heterocycles. The number of hydrogen-bond acceptors (Lipinski definition) is 6. The van der Waals surface area contributed by atoms with Gasteiger partial charge in [-0.2, -0.15) is 9.78 Å². The van der Waals surface area contributed by atoms with Crippen LogP contribution in [0.4, 0.5) is 0 Å². The summed E-state index contributed by atoms with van der Waals surface area (Å²) < 4.78 is 13.4. The van der Waals surface area contributed by atoms with Crippen LogP contribution in [0.5, 0.6) is 11.5 Å². The third kappa shape index (κ3) is 6.53. The second-order valence-corrected chi connectivity index (χ2v) is 8.93. The van der Waals surface area contributed by atoms with E-state index in [1.54, 1.807) is 41.1 Å². The maximum absolute atomic E-state index is 6.25. The average Bonchev–Trinajstić information content (AvgIpc) is 3.30. The van der Waals surface area contributed by atoms with Crippen LogP contribution in [0.15, 0.2) is 83.3 Å². The summed E-state index contributed by atoms with van der Waals surface area (Å²) >= 11 is 13.8. The molecule has 0 aliphatic heterocycles. The largest absolute Gasteiger partial charge is 0.490 e. The van der Waals surface area contributed by atoms with Crippen LogP contribution in [0.25, 0.3) is 0 Å². The van der Waals surface area contributed by atoms with Crippen LogP contribution in [0.2, 0.25) is 10.0 Å². The van der Waals surface area contributed by atoms with Crippen molar-refractivity contribution in [1.82, 2.24) is 14.9 Å². The second kappa shape index (κ2) is 11.9. The Kier molecular flexibility index (Phi) is 8.46. The maximum atomic E-state index is 6.25. The summed E-state index contributed by atoms with van der Waals surface area (Å²) in [6.45, 7) is 2.73. The van der Waals surface area contributed by atoms with Crippen LogP contribution >= 0.6 is 35.0 Å². The number of rotatable bonds is 10. The Balaban J connectivity index is 1.44. The molecule has 0 saturated carbocycles. The molecule has 0 fully saturated rings. The molecule has 0 amide bonds. The highest BCUT2D eigenvalue weighted by atomic mass is 35.5. The Labute approximate surface area is 212 Å². The van der Waals surface area contributed by atoms with Gasteiger partial charge in [0.05, 0.1) is 12.8 Å². The normalized spacial score (nSPS) is 11.1. The summed E-state index contributed by atoms with van der Waals surface area (Å²) in [7, 11) is 0. The molecule has 0 aliphatic rings. The summed E-state index contributed by atoms with van der Waals surface area (Å²) in [6.07, 6.45) is 3.32. The van der Waals surface area contributed by atoms with Crippen molar-refractivity contribution in [3.63, 3.8) is 0 Å². The first-order valence-electron chi connectivity index (χ1n) is 10.6. The van der Waals surface area contributed by atoms with Gasteiger partial charge < -0.3 is 9.47 Å². The van der Waals surface area contributed by atoms with E-state index in [1.807, 2.05) is 49.4 Å². The lowest BCUT2D eigenvalue weighted by atomic mass is 10.2. The minimum Gasteiger partial charge on any atom is -0.490 e. The fraction of sp³-hybridized carbons (Fsp3) is 0.160. The van der Waals surface area contributed by atoms with Gasteiger partial charge in [-0.25, -0.2) is 0 Å². The molecule has 3 aromatic carbocycles. The first kappa shape index (κ1) is 24.1. The highest BCUT2D eigenvalue weighted by Gasteiger charge is 2.09. The average molecular weight is 513 g/mol. The zero-order valence-corrected chi connectivity index (χ0v) is 20.7. The summed E-state index contributed by atoms with van der Waals surface area (Å²) in [5.74, 6) is 2.03. The van der Waals surface area contributed by atoms with Crippen LogP contribution in [-0.4, -0.2) is 27.7 Å². The number of ether oxygens (including phenoxy) is 2. The van der Waals surface area contributed by atoms with E-state index in [9.17, 15) is 0 Å². The minimum atomic E-state index is 0.298. The molecule has 1 heterocycles. The van der Waals surface area contributed by atoms with E-state index in [4.69, 9.17) is 32.7 Å². The SMILES string of the molecule is CCOc1cc(/C=N/n2cnnc2SCc2ccccc2)ccc1OCc1ccc(Cl)cc1Cl. The van der Waals surface area contributed by atoms with Crippen molar-refractivity contribution >= 4 is 41.2 Å². The molecule has 4 rings (SSSR count). The van der Waals surface area contributed by atoms with Crippen molar-refractivity contribution in [1.29, 1.82) is 0 Å². The minimum absolute atomic E-state index is 0.298. The molecule has 0 atom stereocenters. The van der Waals surface area contributed by atoms with Crippen LogP contribution in [-0.2, 0) is 12.4 Å². The topological polar surface area (TPSA) is 61.5 Å². The van der Waals surface area contributed by atoms with Gasteiger partial charge in [-0.3, -0.25) is 0 Å². The van der Waals surface area contributed by atoms with Gasteiger partial charge in [-0.05, 0) is 48.4 Å². The monoisotopic (exact) mass is 512 g/mol. The lowest BCUT2D eigenvalue weighted by molar-refractivity contribution is 0.269. The summed E-state index contributed by atoms with van der Waals surface area (Å²) in [4.78, 5) is 0. The third-order valence-electron chi connectivity index (χ3n) is 4.71. The summed E-state index contributed by atoms with van der Waals surface area (Å²) in [5.41, 5.74) is 2.91. The molecule has 6 nitrogen and oxygen atoms in total. The lowest BCUT2D eigenvalue weighted by Crippen LogP contribution is -2.01. The first-order chi connectivity index (χ1) is 16.6. The van der Waals surface area contributed by atoms with Gasteiger partial charge in [-0.1, -0.05) is 71.4 Å². The molecular formula is C25H22Cl2N4O2S.